The van der Waals surface area contributed by atoms with Crippen LogP contribution < -0.4 is 0 Å². The molecule has 7 nitrogen and oxygen atoms in total. The molecule has 2 aromatic carbocycles. The first-order valence-corrected chi connectivity index (χ1v) is 11.7. The summed E-state index contributed by atoms with van der Waals surface area (Å²) in [6.45, 7) is 1.24. The van der Waals surface area contributed by atoms with E-state index in [1.807, 2.05) is 6.07 Å². The number of ketones is 1. The van der Waals surface area contributed by atoms with E-state index in [1.54, 1.807) is 36.4 Å². The highest BCUT2D eigenvalue weighted by molar-refractivity contribution is 6.30. The van der Waals surface area contributed by atoms with Crippen LogP contribution in [0.25, 0.3) is 0 Å². The lowest BCUT2D eigenvalue weighted by Gasteiger charge is -2.45. The first kappa shape index (κ1) is 24.1. The van der Waals surface area contributed by atoms with Crippen LogP contribution in [-0.2, 0) is 17.0 Å². The minimum atomic E-state index is -1.70. The molecule has 1 unspecified atom stereocenters. The van der Waals surface area contributed by atoms with Gasteiger partial charge in [-0.15, -0.1) is 0 Å². The minimum absolute atomic E-state index is 0.00476. The number of rotatable bonds is 6. The number of hydrogen-bond donors (Lipinski definition) is 1. The number of pyridine rings is 1. The first-order valence-electron chi connectivity index (χ1n) is 11.4. The van der Waals surface area contributed by atoms with Gasteiger partial charge >= 0.3 is 0 Å². The summed E-state index contributed by atoms with van der Waals surface area (Å²) in [7, 11) is 0. The van der Waals surface area contributed by atoms with Crippen molar-refractivity contribution in [2.75, 3.05) is 0 Å². The molecule has 1 atom stereocenters. The summed E-state index contributed by atoms with van der Waals surface area (Å²) in [6, 6.07) is 14.3. The molecule has 0 spiro atoms. The fourth-order valence-corrected chi connectivity index (χ4v) is 4.84. The summed E-state index contributed by atoms with van der Waals surface area (Å²) in [5.41, 5.74) is -0.339. The summed E-state index contributed by atoms with van der Waals surface area (Å²) in [5, 5.41) is 19.5. The van der Waals surface area contributed by atoms with Crippen LogP contribution in [-0.4, -0.2) is 38.9 Å². The number of halogens is 2. The predicted molar refractivity (Wildman–Crippen MR) is 128 cm³/mol. The maximum absolute atomic E-state index is 15.9. The molecule has 2 aliphatic rings. The zero-order valence-electron chi connectivity index (χ0n) is 19.2. The van der Waals surface area contributed by atoms with Crippen LogP contribution in [0.1, 0.15) is 62.9 Å². The molecular weight excluding hydrogens is 485 g/mol. The van der Waals surface area contributed by atoms with E-state index in [1.165, 1.54) is 24.1 Å². The Labute approximate surface area is 211 Å². The number of aromatic nitrogens is 1. The molecule has 3 aromatic rings. The first-order chi connectivity index (χ1) is 17.2. The Morgan fingerprint density at radius 3 is 2.58 bits per heavy atom. The largest absolute Gasteiger partial charge is 0.393 e. The minimum Gasteiger partial charge on any atom is -0.393 e. The van der Waals surface area contributed by atoms with Gasteiger partial charge in [0.05, 0.1) is 41.1 Å². The Morgan fingerprint density at radius 1 is 1.28 bits per heavy atom. The lowest BCUT2D eigenvalue weighted by atomic mass is 9.88. The third kappa shape index (κ3) is 3.95. The van der Waals surface area contributed by atoms with E-state index >= 15 is 4.39 Å². The molecule has 1 fully saturated rings. The number of nitrogens with zero attached hydrogens (tertiary/aromatic N) is 3. The van der Waals surface area contributed by atoms with Crippen molar-refractivity contribution < 1.29 is 23.8 Å². The number of carbonyl (C=O) groups excluding carboxylic acids is 2. The van der Waals surface area contributed by atoms with E-state index in [2.05, 4.69) is 4.98 Å². The molecule has 1 aliphatic heterocycles. The molecule has 182 valence electrons. The SMILES string of the molecule is CC(=O)c1cc(F)c2c(c1)C(=O)N(Cc1ccc(C#N)cn1)C2(OC1CC(O)C1)c1ccc(Cl)cc1. The second-order valence-electron chi connectivity index (χ2n) is 8.99. The van der Waals surface area contributed by atoms with E-state index in [0.717, 1.165) is 6.07 Å². The fourth-order valence-electron chi connectivity index (χ4n) is 4.72. The van der Waals surface area contributed by atoms with Gasteiger partial charge in [0.2, 0.25) is 5.72 Å². The Bertz CT molecular complexity index is 1400. The smallest absolute Gasteiger partial charge is 0.257 e. The summed E-state index contributed by atoms with van der Waals surface area (Å²) in [6.07, 6.45) is 1.05. The molecule has 1 N–H and O–H groups in total. The quantitative estimate of drug-likeness (QED) is 0.500. The molecule has 9 heteroatoms. The van der Waals surface area contributed by atoms with Crippen molar-refractivity contribution in [3.05, 3.63) is 99.1 Å². The third-order valence-corrected chi connectivity index (χ3v) is 6.86. The molecule has 0 saturated heterocycles. The molecule has 36 heavy (non-hydrogen) atoms. The number of fused-ring (bicyclic) bond motifs is 1. The number of Topliss-reactive ketones (excluding diaryl/α,β-unsaturated/α-hetero) is 1. The maximum Gasteiger partial charge on any atom is 0.257 e. The van der Waals surface area contributed by atoms with Crippen molar-refractivity contribution in [1.82, 2.24) is 9.88 Å². The van der Waals surface area contributed by atoms with Gasteiger partial charge in [0.1, 0.15) is 11.9 Å². The zero-order valence-corrected chi connectivity index (χ0v) is 20.0. The second-order valence-corrected chi connectivity index (χ2v) is 9.43. The number of benzene rings is 2. The monoisotopic (exact) mass is 505 g/mol. The van der Waals surface area contributed by atoms with Crippen molar-refractivity contribution in [3.63, 3.8) is 0 Å². The van der Waals surface area contributed by atoms with E-state index in [9.17, 15) is 14.7 Å². The Kier molecular flexibility index (Phi) is 6.08. The second kappa shape index (κ2) is 9.10. The van der Waals surface area contributed by atoms with Gasteiger partial charge in [-0.25, -0.2) is 4.39 Å². The van der Waals surface area contributed by atoms with Crippen molar-refractivity contribution >= 4 is 23.3 Å². The van der Waals surface area contributed by atoms with Gasteiger partial charge in [-0.05, 0) is 56.2 Å². The van der Waals surface area contributed by atoms with Gasteiger partial charge in [0.15, 0.2) is 5.78 Å². The molecule has 2 heterocycles. The summed E-state index contributed by atoms with van der Waals surface area (Å²) >= 11 is 6.14. The van der Waals surface area contributed by atoms with Crippen molar-refractivity contribution in [2.24, 2.45) is 0 Å². The van der Waals surface area contributed by atoms with Gasteiger partial charge in [-0.1, -0.05) is 23.7 Å². The van der Waals surface area contributed by atoms with Gasteiger partial charge in [-0.2, -0.15) is 5.26 Å². The van der Waals surface area contributed by atoms with E-state index < -0.39 is 29.7 Å². The van der Waals surface area contributed by atoms with Crippen LogP contribution in [0.15, 0.2) is 54.7 Å². The van der Waals surface area contributed by atoms with Gasteiger partial charge < -0.3 is 9.84 Å². The Hall–Kier alpha value is -3.64. The van der Waals surface area contributed by atoms with Crippen molar-refractivity contribution in [1.29, 1.82) is 5.26 Å². The summed E-state index contributed by atoms with van der Waals surface area (Å²) < 4.78 is 22.4. The third-order valence-electron chi connectivity index (χ3n) is 6.61. The Balaban J connectivity index is 1.73. The van der Waals surface area contributed by atoms with Crippen LogP contribution in [0, 0.1) is 17.1 Å². The number of amides is 1. The maximum atomic E-state index is 15.9. The van der Waals surface area contributed by atoms with Crippen molar-refractivity contribution in [3.8, 4) is 6.07 Å². The summed E-state index contributed by atoms with van der Waals surface area (Å²) in [4.78, 5) is 31.6. The zero-order chi connectivity index (χ0) is 25.6. The molecule has 1 aliphatic carbocycles. The lowest BCUT2D eigenvalue weighted by Crippen LogP contribution is -2.51. The normalized spacial score (nSPS) is 22.6. The van der Waals surface area contributed by atoms with Crippen LogP contribution in [0.2, 0.25) is 5.02 Å². The van der Waals surface area contributed by atoms with Gasteiger partial charge in [0.25, 0.3) is 5.91 Å². The highest BCUT2D eigenvalue weighted by atomic mass is 35.5. The average Bonchev–Trinajstić information content (AvgIpc) is 3.07. The number of ether oxygens (including phenoxy) is 1. The topological polar surface area (TPSA) is 104 Å². The van der Waals surface area contributed by atoms with Gasteiger partial charge in [-0.3, -0.25) is 19.5 Å². The molecule has 1 amide bonds. The van der Waals surface area contributed by atoms with Crippen molar-refractivity contribution in [2.45, 2.75) is 44.2 Å². The number of nitriles is 1. The number of aliphatic hydroxyl groups excluding tert-OH is 1. The van der Waals surface area contributed by atoms with E-state index in [0.29, 0.717) is 34.7 Å². The van der Waals surface area contributed by atoms with Crippen LogP contribution in [0.3, 0.4) is 0 Å². The molecule has 1 aromatic heterocycles. The van der Waals surface area contributed by atoms with E-state index in [-0.39, 0.29) is 29.0 Å². The highest BCUT2D eigenvalue weighted by Gasteiger charge is 2.56. The summed E-state index contributed by atoms with van der Waals surface area (Å²) in [5.74, 6) is -1.67. The van der Waals surface area contributed by atoms with Crippen LogP contribution in [0.5, 0.6) is 0 Å². The predicted octanol–water partition coefficient (Wildman–Crippen LogP) is 4.35. The van der Waals surface area contributed by atoms with E-state index in [4.69, 9.17) is 21.6 Å². The molecule has 0 bridgehead atoms. The standard InChI is InChI=1S/C27H21ClFN3O4/c1-15(33)17-8-23-25(24(29)9-17)27(36-22-10-21(34)11-22,18-3-5-19(28)6-4-18)32(26(23)35)14-20-7-2-16(12-30)13-31-20/h2-9,13,21-22,34H,10-11,14H2,1H3. The number of hydrogen-bond acceptors (Lipinski definition) is 6. The molecule has 5 rings (SSSR count). The number of aliphatic hydroxyl groups is 1. The molecule has 0 radical (unpaired) electrons. The highest BCUT2D eigenvalue weighted by Crippen LogP contribution is 2.50. The van der Waals surface area contributed by atoms with Crippen LogP contribution >= 0.6 is 11.6 Å². The van der Waals surface area contributed by atoms with Crippen LogP contribution in [0.4, 0.5) is 4.39 Å². The molecular formula is C27H21ClFN3O4. The number of carbonyl (C=O) groups is 2. The fraction of sp³-hybridized carbons (Fsp3) is 0.259. The Morgan fingerprint density at radius 2 is 2.00 bits per heavy atom. The average molecular weight is 506 g/mol. The van der Waals surface area contributed by atoms with Gasteiger partial charge in [0, 0.05) is 22.3 Å². The molecule has 1 saturated carbocycles. The lowest BCUT2D eigenvalue weighted by molar-refractivity contribution is -0.191.